The minimum Gasteiger partial charge on any atom is -0.482 e. The molecule has 0 radical (unpaired) electrons. The molecule has 5 nitrogen and oxygen atoms in total. The van der Waals surface area contributed by atoms with Crippen LogP contribution in [0.4, 0.5) is 23.2 Å². The van der Waals surface area contributed by atoms with E-state index >= 15 is 0 Å². The van der Waals surface area contributed by atoms with Gasteiger partial charge in [-0.05, 0) is 30.7 Å². The molecule has 9 heteroatoms. The zero-order valence-electron chi connectivity index (χ0n) is 15.3. The summed E-state index contributed by atoms with van der Waals surface area (Å²) in [5, 5.41) is 4.74. The average molecular weight is 410 g/mol. The van der Waals surface area contributed by atoms with Crippen LogP contribution in [-0.4, -0.2) is 30.6 Å². The number of hydrogen-bond acceptors (Lipinski definition) is 3. The fourth-order valence-electron chi connectivity index (χ4n) is 2.18. The van der Waals surface area contributed by atoms with Gasteiger partial charge < -0.3 is 15.4 Å². The van der Waals surface area contributed by atoms with Crippen LogP contribution in [0.15, 0.2) is 54.6 Å². The smallest absolute Gasteiger partial charge is 0.422 e. The molecule has 0 aliphatic carbocycles. The minimum absolute atomic E-state index is 0.151. The van der Waals surface area contributed by atoms with E-state index < -0.39 is 42.2 Å². The number of benzene rings is 2. The molecule has 1 atom stereocenters. The first-order valence-corrected chi connectivity index (χ1v) is 8.47. The Morgan fingerprint density at radius 2 is 1.83 bits per heavy atom. The van der Waals surface area contributed by atoms with Gasteiger partial charge in [0, 0.05) is 12.1 Å². The van der Waals surface area contributed by atoms with Crippen molar-refractivity contribution in [2.45, 2.75) is 19.1 Å². The quantitative estimate of drug-likeness (QED) is 0.537. The predicted molar refractivity (Wildman–Crippen MR) is 99.7 cm³/mol. The van der Waals surface area contributed by atoms with Crippen LogP contribution >= 0.6 is 0 Å². The Kier molecular flexibility index (Phi) is 7.35. The van der Waals surface area contributed by atoms with E-state index in [2.05, 4.69) is 15.4 Å². The second-order valence-corrected chi connectivity index (χ2v) is 6.01. The number of amides is 2. The lowest BCUT2D eigenvalue weighted by Crippen LogP contribution is -2.41. The first-order valence-electron chi connectivity index (χ1n) is 8.47. The number of halogens is 4. The van der Waals surface area contributed by atoms with E-state index in [1.807, 2.05) is 6.07 Å². The normalized spacial score (nSPS) is 12.4. The first-order chi connectivity index (χ1) is 13.6. The summed E-state index contributed by atoms with van der Waals surface area (Å²) in [5.41, 5.74) is 0.638. The summed E-state index contributed by atoms with van der Waals surface area (Å²) in [6.07, 6.45) is -1.82. The molecule has 2 N–H and O–H groups in total. The Balaban J connectivity index is 1.98. The second-order valence-electron chi connectivity index (χ2n) is 6.01. The molecule has 0 saturated carbocycles. The van der Waals surface area contributed by atoms with E-state index in [1.54, 1.807) is 30.3 Å². The van der Waals surface area contributed by atoms with Crippen LogP contribution in [0.1, 0.15) is 12.5 Å². The standard InChI is InChI=1S/C20H18F4N2O3/c1-13(25-18(27)10-7-14-5-3-2-4-6-14)19(28)26-16-9-8-15(21)11-17(16)29-12-20(22,23)24/h2-11,13H,12H2,1H3,(H,25,27)(H,26,28). The third-order valence-corrected chi connectivity index (χ3v) is 3.57. The average Bonchev–Trinajstić information content (AvgIpc) is 2.66. The molecule has 0 aromatic heterocycles. The van der Waals surface area contributed by atoms with Gasteiger partial charge in [-0.25, -0.2) is 4.39 Å². The molecule has 0 saturated heterocycles. The lowest BCUT2D eigenvalue weighted by Gasteiger charge is -2.16. The molecule has 0 aliphatic rings. The minimum atomic E-state index is -4.63. The number of rotatable bonds is 7. The topological polar surface area (TPSA) is 67.4 Å². The van der Waals surface area contributed by atoms with E-state index in [-0.39, 0.29) is 5.69 Å². The van der Waals surface area contributed by atoms with Gasteiger partial charge in [0.2, 0.25) is 11.8 Å². The van der Waals surface area contributed by atoms with Crippen molar-refractivity contribution in [3.8, 4) is 5.75 Å². The van der Waals surface area contributed by atoms with Gasteiger partial charge in [-0.15, -0.1) is 0 Å². The van der Waals surface area contributed by atoms with Crippen LogP contribution in [0, 0.1) is 5.82 Å². The van der Waals surface area contributed by atoms with Crippen LogP contribution in [0.2, 0.25) is 0 Å². The fourth-order valence-corrected chi connectivity index (χ4v) is 2.18. The number of hydrogen-bond donors (Lipinski definition) is 2. The third kappa shape index (κ3) is 7.65. The van der Waals surface area contributed by atoms with E-state index in [4.69, 9.17) is 0 Å². The van der Waals surface area contributed by atoms with E-state index in [0.717, 1.165) is 23.8 Å². The zero-order valence-corrected chi connectivity index (χ0v) is 15.3. The Labute approximate surface area is 164 Å². The SMILES string of the molecule is CC(NC(=O)C=Cc1ccccc1)C(=O)Nc1ccc(F)cc1OCC(F)(F)F. The van der Waals surface area contributed by atoms with Crippen LogP contribution in [0.5, 0.6) is 5.75 Å². The summed E-state index contributed by atoms with van der Waals surface area (Å²) in [6.45, 7) is -0.251. The highest BCUT2D eigenvalue weighted by atomic mass is 19.4. The Morgan fingerprint density at radius 1 is 1.14 bits per heavy atom. The van der Waals surface area contributed by atoms with Gasteiger partial charge in [0.1, 0.15) is 17.6 Å². The highest BCUT2D eigenvalue weighted by Gasteiger charge is 2.29. The molecule has 2 amide bonds. The van der Waals surface area contributed by atoms with Crippen LogP contribution in [-0.2, 0) is 9.59 Å². The molecule has 0 bridgehead atoms. The molecule has 0 spiro atoms. The van der Waals surface area contributed by atoms with Crippen molar-refractivity contribution in [1.29, 1.82) is 0 Å². The van der Waals surface area contributed by atoms with Gasteiger partial charge in [-0.2, -0.15) is 13.2 Å². The number of carbonyl (C=O) groups is 2. The molecule has 2 aromatic rings. The monoisotopic (exact) mass is 410 g/mol. The highest BCUT2D eigenvalue weighted by Crippen LogP contribution is 2.27. The van der Waals surface area contributed by atoms with Crippen LogP contribution in [0.25, 0.3) is 6.08 Å². The van der Waals surface area contributed by atoms with Crippen LogP contribution < -0.4 is 15.4 Å². The molecule has 1 unspecified atom stereocenters. The molecule has 0 aliphatic heterocycles. The van der Waals surface area contributed by atoms with Crippen molar-refractivity contribution in [3.05, 3.63) is 66.0 Å². The Morgan fingerprint density at radius 3 is 2.48 bits per heavy atom. The maximum Gasteiger partial charge on any atom is 0.422 e. The molecule has 0 heterocycles. The number of nitrogens with one attached hydrogen (secondary N) is 2. The first kappa shape index (κ1) is 21.9. The van der Waals surface area contributed by atoms with Crippen molar-refractivity contribution >= 4 is 23.6 Å². The number of alkyl halides is 3. The maximum absolute atomic E-state index is 13.3. The van der Waals surface area contributed by atoms with Crippen molar-refractivity contribution in [2.24, 2.45) is 0 Å². The number of ether oxygens (including phenoxy) is 1. The molecule has 29 heavy (non-hydrogen) atoms. The van der Waals surface area contributed by atoms with Crippen LogP contribution in [0.3, 0.4) is 0 Å². The molecule has 0 fully saturated rings. The summed E-state index contributed by atoms with van der Waals surface area (Å²) in [6, 6.07) is 10.8. The second kappa shape index (κ2) is 9.72. The fraction of sp³-hybridized carbons (Fsp3) is 0.200. The van der Waals surface area contributed by atoms with Gasteiger partial charge >= 0.3 is 6.18 Å². The van der Waals surface area contributed by atoms with E-state index in [1.165, 1.54) is 13.0 Å². The third-order valence-electron chi connectivity index (χ3n) is 3.57. The van der Waals surface area contributed by atoms with Gasteiger partial charge in [0.05, 0.1) is 5.69 Å². The van der Waals surface area contributed by atoms with Gasteiger partial charge in [-0.1, -0.05) is 30.3 Å². The predicted octanol–water partition coefficient (Wildman–Crippen LogP) is 3.92. The van der Waals surface area contributed by atoms with Crippen molar-refractivity contribution in [3.63, 3.8) is 0 Å². The molecule has 2 rings (SSSR count). The van der Waals surface area contributed by atoms with E-state index in [0.29, 0.717) is 0 Å². The highest BCUT2D eigenvalue weighted by molar-refractivity contribution is 6.00. The molecule has 2 aromatic carbocycles. The lowest BCUT2D eigenvalue weighted by atomic mass is 10.2. The van der Waals surface area contributed by atoms with Crippen molar-refractivity contribution in [1.82, 2.24) is 5.32 Å². The van der Waals surface area contributed by atoms with E-state index in [9.17, 15) is 27.2 Å². The summed E-state index contributed by atoms with van der Waals surface area (Å²) >= 11 is 0. The van der Waals surface area contributed by atoms with Crippen molar-refractivity contribution in [2.75, 3.05) is 11.9 Å². The van der Waals surface area contributed by atoms with Crippen molar-refractivity contribution < 1.29 is 31.9 Å². The lowest BCUT2D eigenvalue weighted by molar-refractivity contribution is -0.153. The zero-order chi connectivity index (χ0) is 21.4. The van der Waals surface area contributed by atoms with Gasteiger partial charge in [0.25, 0.3) is 0 Å². The summed E-state index contributed by atoms with van der Waals surface area (Å²) in [7, 11) is 0. The summed E-state index contributed by atoms with van der Waals surface area (Å²) < 4.78 is 54.9. The Bertz CT molecular complexity index is 883. The summed E-state index contributed by atoms with van der Waals surface area (Å²) in [5.74, 6) is -2.55. The maximum atomic E-state index is 13.3. The molecular formula is C20H18F4N2O3. The largest absolute Gasteiger partial charge is 0.482 e. The van der Waals surface area contributed by atoms with Gasteiger partial charge in [0.15, 0.2) is 6.61 Å². The number of anilines is 1. The summed E-state index contributed by atoms with van der Waals surface area (Å²) in [4.78, 5) is 24.2. The molecule has 154 valence electrons. The van der Waals surface area contributed by atoms with Gasteiger partial charge in [-0.3, -0.25) is 9.59 Å². The molecular weight excluding hydrogens is 392 g/mol. The Hall–Kier alpha value is -3.36. The number of carbonyl (C=O) groups excluding carboxylic acids is 2.